The van der Waals surface area contributed by atoms with E-state index in [0.29, 0.717) is 12.4 Å². The van der Waals surface area contributed by atoms with E-state index in [9.17, 15) is 9.18 Å². The summed E-state index contributed by atoms with van der Waals surface area (Å²) < 4.78 is 23.6. The van der Waals surface area contributed by atoms with Gasteiger partial charge >= 0.3 is 6.09 Å². The van der Waals surface area contributed by atoms with E-state index < -0.39 is 23.4 Å². The monoisotopic (exact) mass is 259 g/mol. The average Bonchev–Trinajstić information content (AvgIpc) is 2.11. The number of carbonyl (C=O) groups is 1. The fraction of sp³-hybridized carbons (Fsp3) is 0.769. The SMILES string of the molecule is C=C(OCC)C1(NC(=O)OC(C)(C)C)CC(F)C1. The minimum atomic E-state index is -0.933. The van der Waals surface area contributed by atoms with Gasteiger partial charge in [-0.1, -0.05) is 6.58 Å². The van der Waals surface area contributed by atoms with Crippen molar-refractivity contribution in [3.8, 4) is 0 Å². The lowest BCUT2D eigenvalue weighted by Crippen LogP contribution is -2.60. The molecule has 1 aliphatic rings. The van der Waals surface area contributed by atoms with Crippen LogP contribution < -0.4 is 5.32 Å². The molecule has 4 nitrogen and oxygen atoms in total. The minimum absolute atomic E-state index is 0.186. The lowest BCUT2D eigenvalue weighted by atomic mass is 9.74. The van der Waals surface area contributed by atoms with Crippen molar-refractivity contribution in [1.82, 2.24) is 5.32 Å². The molecule has 0 unspecified atom stereocenters. The van der Waals surface area contributed by atoms with Gasteiger partial charge in [-0.25, -0.2) is 9.18 Å². The normalized spacial score (nSPS) is 27.1. The van der Waals surface area contributed by atoms with Crippen LogP contribution in [0.1, 0.15) is 40.5 Å². The second-order valence-corrected chi connectivity index (χ2v) is 5.57. The summed E-state index contributed by atoms with van der Waals surface area (Å²) in [6.07, 6.45) is -1.14. The highest BCUT2D eigenvalue weighted by Crippen LogP contribution is 2.40. The van der Waals surface area contributed by atoms with Gasteiger partial charge in [0, 0.05) is 12.8 Å². The fourth-order valence-corrected chi connectivity index (χ4v) is 1.91. The lowest BCUT2D eigenvalue weighted by Gasteiger charge is -2.45. The molecule has 1 saturated carbocycles. The largest absolute Gasteiger partial charge is 0.496 e. The van der Waals surface area contributed by atoms with Crippen LogP contribution in [0.25, 0.3) is 0 Å². The molecular weight excluding hydrogens is 237 g/mol. The third kappa shape index (κ3) is 3.62. The van der Waals surface area contributed by atoms with Crippen molar-refractivity contribution in [1.29, 1.82) is 0 Å². The number of nitrogens with one attached hydrogen (secondary N) is 1. The topological polar surface area (TPSA) is 47.6 Å². The van der Waals surface area contributed by atoms with Crippen LogP contribution in [-0.2, 0) is 9.47 Å². The van der Waals surface area contributed by atoms with Crippen molar-refractivity contribution < 1.29 is 18.7 Å². The van der Waals surface area contributed by atoms with Crippen molar-refractivity contribution in [3.05, 3.63) is 12.3 Å². The molecule has 1 rings (SSSR count). The van der Waals surface area contributed by atoms with Gasteiger partial charge in [0.2, 0.25) is 0 Å². The molecule has 0 spiro atoms. The van der Waals surface area contributed by atoms with Gasteiger partial charge in [0.25, 0.3) is 0 Å². The zero-order valence-electron chi connectivity index (χ0n) is 11.5. The molecule has 0 bridgehead atoms. The molecule has 0 saturated heterocycles. The van der Waals surface area contributed by atoms with E-state index in [-0.39, 0.29) is 12.8 Å². The molecule has 18 heavy (non-hydrogen) atoms. The van der Waals surface area contributed by atoms with Crippen molar-refractivity contribution >= 4 is 6.09 Å². The summed E-state index contributed by atoms with van der Waals surface area (Å²) in [4.78, 5) is 11.7. The Morgan fingerprint density at radius 3 is 2.44 bits per heavy atom. The molecule has 0 aliphatic heterocycles. The number of hydrogen-bond acceptors (Lipinski definition) is 3. The maximum Gasteiger partial charge on any atom is 0.408 e. The summed E-state index contributed by atoms with van der Waals surface area (Å²) >= 11 is 0. The Balaban J connectivity index is 2.64. The molecule has 1 aliphatic carbocycles. The molecule has 1 amide bonds. The smallest absolute Gasteiger partial charge is 0.408 e. The molecular formula is C13H22FNO3. The number of carbonyl (C=O) groups excluding carboxylic acids is 1. The molecule has 1 fully saturated rings. The fourth-order valence-electron chi connectivity index (χ4n) is 1.91. The third-order valence-electron chi connectivity index (χ3n) is 2.73. The summed E-state index contributed by atoms with van der Waals surface area (Å²) in [6.45, 7) is 11.3. The zero-order chi connectivity index (χ0) is 14.0. The molecule has 104 valence electrons. The average molecular weight is 259 g/mol. The Morgan fingerprint density at radius 1 is 1.50 bits per heavy atom. The van der Waals surface area contributed by atoms with Crippen molar-refractivity contribution in [2.45, 2.75) is 57.8 Å². The number of halogens is 1. The van der Waals surface area contributed by atoms with Crippen molar-refractivity contribution in [3.63, 3.8) is 0 Å². The van der Waals surface area contributed by atoms with Gasteiger partial charge in [-0.15, -0.1) is 0 Å². The van der Waals surface area contributed by atoms with Crippen LogP contribution in [0.2, 0.25) is 0 Å². The molecule has 0 atom stereocenters. The van der Waals surface area contributed by atoms with Crippen LogP contribution in [0.5, 0.6) is 0 Å². The number of ether oxygens (including phenoxy) is 2. The highest BCUT2D eigenvalue weighted by molar-refractivity contribution is 5.69. The van der Waals surface area contributed by atoms with Gasteiger partial charge < -0.3 is 14.8 Å². The Kier molecular flexibility index (Phi) is 4.24. The van der Waals surface area contributed by atoms with Crippen LogP contribution in [0.3, 0.4) is 0 Å². The quantitative estimate of drug-likeness (QED) is 0.790. The highest BCUT2D eigenvalue weighted by atomic mass is 19.1. The minimum Gasteiger partial charge on any atom is -0.496 e. The Bertz CT molecular complexity index is 330. The Morgan fingerprint density at radius 2 is 2.06 bits per heavy atom. The van der Waals surface area contributed by atoms with Gasteiger partial charge in [-0.05, 0) is 27.7 Å². The summed E-state index contributed by atoms with van der Waals surface area (Å²) in [7, 11) is 0. The summed E-state index contributed by atoms with van der Waals surface area (Å²) in [5.74, 6) is 0.393. The summed E-state index contributed by atoms with van der Waals surface area (Å²) in [5.41, 5.74) is -1.41. The molecule has 1 N–H and O–H groups in total. The molecule has 5 heteroatoms. The van der Waals surface area contributed by atoms with E-state index in [4.69, 9.17) is 9.47 Å². The second-order valence-electron chi connectivity index (χ2n) is 5.57. The maximum absolute atomic E-state index is 13.1. The number of rotatable bonds is 4. The third-order valence-corrected chi connectivity index (χ3v) is 2.73. The van der Waals surface area contributed by atoms with Crippen LogP contribution in [0, 0.1) is 0 Å². The maximum atomic E-state index is 13.1. The first-order chi connectivity index (χ1) is 8.18. The van der Waals surface area contributed by atoms with Gasteiger partial charge in [-0.2, -0.15) is 0 Å². The van der Waals surface area contributed by atoms with Crippen LogP contribution >= 0.6 is 0 Å². The number of amides is 1. The van der Waals surface area contributed by atoms with Crippen LogP contribution in [-0.4, -0.2) is 30.0 Å². The molecule has 0 aromatic rings. The second kappa shape index (κ2) is 5.16. The molecule has 0 heterocycles. The predicted molar refractivity (Wildman–Crippen MR) is 67.0 cm³/mol. The van der Waals surface area contributed by atoms with E-state index in [1.165, 1.54) is 0 Å². The number of alkyl carbamates (subject to hydrolysis) is 1. The molecule has 0 aromatic carbocycles. The first-order valence-corrected chi connectivity index (χ1v) is 6.16. The summed E-state index contributed by atoms with van der Waals surface area (Å²) in [5, 5.41) is 2.68. The number of alkyl halides is 1. The van der Waals surface area contributed by atoms with E-state index in [1.807, 2.05) is 6.92 Å². The standard InChI is InChI=1S/C13H22FNO3/c1-6-17-9(2)13(7-10(14)8-13)15-11(16)18-12(3,4)5/h10H,2,6-8H2,1,3-5H3,(H,15,16). The van der Waals surface area contributed by atoms with Gasteiger partial charge in [-0.3, -0.25) is 0 Å². The highest BCUT2D eigenvalue weighted by Gasteiger charge is 2.50. The molecule has 0 aromatic heterocycles. The zero-order valence-corrected chi connectivity index (χ0v) is 11.5. The predicted octanol–water partition coefficient (Wildman–Crippen LogP) is 2.93. The van der Waals surface area contributed by atoms with E-state index in [1.54, 1.807) is 20.8 Å². The van der Waals surface area contributed by atoms with Gasteiger partial charge in [0.05, 0.1) is 6.61 Å². The first kappa shape index (κ1) is 14.8. The molecule has 0 radical (unpaired) electrons. The Hall–Kier alpha value is -1.26. The van der Waals surface area contributed by atoms with Crippen molar-refractivity contribution in [2.24, 2.45) is 0 Å². The number of hydrogen-bond donors (Lipinski definition) is 1. The van der Waals surface area contributed by atoms with Gasteiger partial charge in [0.15, 0.2) is 0 Å². The Labute approximate surface area is 108 Å². The van der Waals surface area contributed by atoms with E-state index >= 15 is 0 Å². The van der Waals surface area contributed by atoms with Crippen LogP contribution in [0.4, 0.5) is 9.18 Å². The lowest BCUT2D eigenvalue weighted by molar-refractivity contribution is 0.0124. The van der Waals surface area contributed by atoms with Crippen LogP contribution in [0.15, 0.2) is 12.3 Å². The summed E-state index contributed by atoms with van der Waals surface area (Å²) in [6, 6.07) is 0. The van der Waals surface area contributed by atoms with E-state index in [0.717, 1.165) is 0 Å². The first-order valence-electron chi connectivity index (χ1n) is 6.16. The van der Waals surface area contributed by atoms with E-state index in [2.05, 4.69) is 11.9 Å². The van der Waals surface area contributed by atoms with Crippen molar-refractivity contribution in [2.75, 3.05) is 6.61 Å². The van der Waals surface area contributed by atoms with Gasteiger partial charge in [0.1, 0.15) is 23.1 Å².